The Kier molecular flexibility index (Phi) is 4.94. The number of nitriles is 1. The maximum Gasteiger partial charge on any atom is 0.221 e. The van der Waals surface area contributed by atoms with E-state index >= 15 is 0 Å². The van der Waals surface area contributed by atoms with Crippen molar-refractivity contribution in [1.29, 1.82) is 5.26 Å². The first-order valence-electron chi connectivity index (χ1n) is 6.77. The number of nitrogens with one attached hydrogen (secondary N) is 1. The van der Waals surface area contributed by atoms with Gasteiger partial charge in [0.05, 0.1) is 18.8 Å². The standard InChI is InChI=1S/C18H16N2O2/c1-13(21)20-17-9-8-15(18(11-17)22-2)10-16(12-19)14-6-4-3-5-7-14/h3-11H,1-2H3,(H,20,21). The van der Waals surface area contributed by atoms with Crippen LogP contribution in [-0.2, 0) is 4.79 Å². The van der Waals surface area contributed by atoms with Crippen LogP contribution in [0, 0.1) is 11.3 Å². The first-order valence-corrected chi connectivity index (χ1v) is 6.77. The molecule has 0 heterocycles. The highest BCUT2D eigenvalue weighted by molar-refractivity contribution is 5.92. The fraction of sp³-hybridized carbons (Fsp3) is 0.111. The van der Waals surface area contributed by atoms with Gasteiger partial charge in [0.1, 0.15) is 5.75 Å². The van der Waals surface area contributed by atoms with Crippen molar-refractivity contribution >= 4 is 23.2 Å². The van der Waals surface area contributed by atoms with Gasteiger partial charge in [-0.3, -0.25) is 4.79 Å². The minimum absolute atomic E-state index is 0.146. The van der Waals surface area contributed by atoms with Gasteiger partial charge in [-0.15, -0.1) is 0 Å². The number of methoxy groups -OCH3 is 1. The van der Waals surface area contributed by atoms with Crippen LogP contribution < -0.4 is 10.1 Å². The lowest BCUT2D eigenvalue weighted by atomic mass is 10.0. The molecule has 0 spiro atoms. The molecule has 0 atom stereocenters. The predicted octanol–water partition coefficient (Wildman–Crippen LogP) is 3.72. The Morgan fingerprint density at radius 2 is 1.95 bits per heavy atom. The first kappa shape index (κ1) is 15.3. The highest BCUT2D eigenvalue weighted by Crippen LogP contribution is 2.27. The second-order valence-electron chi connectivity index (χ2n) is 4.67. The Hall–Kier alpha value is -3.06. The maximum atomic E-state index is 11.1. The van der Waals surface area contributed by atoms with Gasteiger partial charge in [0.25, 0.3) is 0 Å². The number of allylic oxidation sites excluding steroid dienone is 1. The van der Waals surface area contributed by atoms with Crippen LogP contribution in [0.25, 0.3) is 11.6 Å². The van der Waals surface area contributed by atoms with E-state index in [4.69, 9.17) is 4.74 Å². The summed E-state index contributed by atoms with van der Waals surface area (Å²) in [5.41, 5.74) is 2.82. The highest BCUT2D eigenvalue weighted by atomic mass is 16.5. The second kappa shape index (κ2) is 7.09. The summed E-state index contributed by atoms with van der Waals surface area (Å²) in [6.07, 6.45) is 1.77. The summed E-state index contributed by atoms with van der Waals surface area (Å²) in [5, 5.41) is 12.1. The molecule has 0 saturated carbocycles. The van der Waals surface area contributed by atoms with Gasteiger partial charge in [0.2, 0.25) is 5.91 Å². The van der Waals surface area contributed by atoms with Gasteiger partial charge in [-0.2, -0.15) is 5.26 Å². The summed E-state index contributed by atoms with van der Waals surface area (Å²) in [4.78, 5) is 11.1. The molecule has 1 N–H and O–H groups in total. The van der Waals surface area contributed by atoms with Crippen molar-refractivity contribution in [2.75, 3.05) is 12.4 Å². The van der Waals surface area contributed by atoms with Crippen LogP contribution in [0.4, 0.5) is 5.69 Å². The number of nitrogens with zero attached hydrogens (tertiary/aromatic N) is 1. The molecule has 110 valence electrons. The summed E-state index contributed by atoms with van der Waals surface area (Å²) in [6.45, 7) is 1.45. The van der Waals surface area contributed by atoms with E-state index < -0.39 is 0 Å². The van der Waals surface area contributed by atoms with Crippen molar-refractivity contribution in [3.8, 4) is 11.8 Å². The van der Waals surface area contributed by atoms with Crippen LogP contribution >= 0.6 is 0 Å². The number of amides is 1. The predicted molar refractivity (Wildman–Crippen MR) is 87.2 cm³/mol. The average molecular weight is 292 g/mol. The van der Waals surface area contributed by atoms with E-state index in [9.17, 15) is 10.1 Å². The third-order valence-corrected chi connectivity index (χ3v) is 3.06. The number of benzene rings is 2. The Morgan fingerprint density at radius 1 is 1.23 bits per heavy atom. The van der Waals surface area contributed by atoms with Crippen molar-refractivity contribution in [1.82, 2.24) is 0 Å². The van der Waals surface area contributed by atoms with E-state index in [0.29, 0.717) is 17.0 Å². The summed E-state index contributed by atoms with van der Waals surface area (Å²) >= 11 is 0. The van der Waals surface area contributed by atoms with Gasteiger partial charge in [-0.25, -0.2) is 0 Å². The average Bonchev–Trinajstić information content (AvgIpc) is 2.53. The number of carbonyl (C=O) groups excluding carboxylic acids is 1. The monoisotopic (exact) mass is 292 g/mol. The van der Waals surface area contributed by atoms with Crippen LogP contribution in [0.3, 0.4) is 0 Å². The molecule has 0 aromatic heterocycles. The van der Waals surface area contributed by atoms with E-state index in [1.165, 1.54) is 6.92 Å². The molecule has 0 aliphatic rings. The number of hydrogen-bond acceptors (Lipinski definition) is 3. The van der Waals surface area contributed by atoms with Crippen molar-refractivity contribution in [3.63, 3.8) is 0 Å². The third-order valence-electron chi connectivity index (χ3n) is 3.06. The fourth-order valence-electron chi connectivity index (χ4n) is 2.06. The van der Waals surface area contributed by atoms with Crippen LogP contribution in [0.15, 0.2) is 48.5 Å². The van der Waals surface area contributed by atoms with Crippen LogP contribution in [-0.4, -0.2) is 13.0 Å². The Bertz CT molecular complexity index is 743. The molecule has 0 saturated heterocycles. The molecule has 2 aromatic rings. The minimum Gasteiger partial charge on any atom is -0.496 e. The van der Waals surface area contributed by atoms with Crippen LogP contribution in [0.5, 0.6) is 5.75 Å². The number of carbonyl (C=O) groups is 1. The highest BCUT2D eigenvalue weighted by Gasteiger charge is 2.06. The first-order chi connectivity index (χ1) is 10.6. The third kappa shape index (κ3) is 3.74. The summed E-state index contributed by atoms with van der Waals surface area (Å²) in [7, 11) is 1.55. The van der Waals surface area contributed by atoms with E-state index in [2.05, 4.69) is 11.4 Å². The van der Waals surface area contributed by atoms with Gasteiger partial charge in [0, 0.05) is 24.2 Å². The van der Waals surface area contributed by atoms with Crippen molar-refractivity contribution < 1.29 is 9.53 Å². The quantitative estimate of drug-likeness (QED) is 0.690. The zero-order valence-electron chi connectivity index (χ0n) is 12.5. The molecular formula is C18H16N2O2. The van der Waals surface area contributed by atoms with Crippen molar-refractivity contribution in [2.45, 2.75) is 6.92 Å². The van der Waals surface area contributed by atoms with Gasteiger partial charge in [-0.05, 0) is 23.8 Å². The lowest BCUT2D eigenvalue weighted by Crippen LogP contribution is -2.05. The number of rotatable bonds is 4. The molecule has 1 amide bonds. The Labute approximate surface area is 129 Å². The molecule has 22 heavy (non-hydrogen) atoms. The van der Waals surface area contributed by atoms with Gasteiger partial charge >= 0.3 is 0 Å². The molecule has 4 heteroatoms. The van der Waals surface area contributed by atoms with Crippen LogP contribution in [0.2, 0.25) is 0 Å². The molecule has 0 bridgehead atoms. The van der Waals surface area contributed by atoms with E-state index in [-0.39, 0.29) is 5.91 Å². The molecule has 2 aromatic carbocycles. The van der Waals surface area contributed by atoms with Gasteiger partial charge in [-0.1, -0.05) is 30.3 Å². The fourth-order valence-corrected chi connectivity index (χ4v) is 2.06. The normalized spacial score (nSPS) is 10.7. The van der Waals surface area contributed by atoms with Gasteiger partial charge in [0.15, 0.2) is 0 Å². The number of ether oxygens (including phenoxy) is 1. The summed E-state index contributed by atoms with van der Waals surface area (Å²) in [6, 6.07) is 17.0. The molecule has 0 aliphatic heterocycles. The molecule has 2 rings (SSSR count). The molecule has 0 fully saturated rings. The Morgan fingerprint density at radius 3 is 2.55 bits per heavy atom. The van der Waals surface area contributed by atoms with Crippen molar-refractivity contribution in [2.24, 2.45) is 0 Å². The molecule has 0 radical (unpaired) electrons. The largest absolute Gasteiger partial charge is 0.496 e. The lowest BCUT2D eigenvalue weighted by Gasteiger charge is -2.09. The SMILES string of the molecule is COc1cc(NC(C)=O)ccc1C=C(C#N)c1ccccc1. The molecule has 0 aliphatic carbocycles. The van der Waals surface area contributed by atoms with E-state index in [1.54, 1.807) is 25.3 Å². The zero-order valence-corrected chi connectivity index (χ0v) is 12.5. The summed E-state index contributed by atoms with van der Waals surface area (Å²) < 4.78 is 5.34. The zero-order chi connectivity index (χ0) is 15.9. The van der Waals surface area contributed by atoms with Gasteiger partial charge < -0.3 is 10.1 Å². The topological polar surface area (TPSA) is 62.1 Å². The summed E-state index contributed by atoms with van der Waals surface area (Å²) in [5.74, 6) is 0.447. The lowest BCUT2D eigenvalue weighted by molar-refractivity contribution is -0.114. The molecule has 4 nitrogen and oxygen atoms in total. The molecule has 0 unspecified atom stereocenters. The molecular weight excluding hydrogens is 276 g/mol. The maximum absolute atomic E-state index is 11.1. The smallest absolute Gasteiger partial charge is 0.221 e. The Balaban J connectivity index is 2.41. The van der Waals surface area contributed by atoms with E-state index in [1.807, 2.05) is 36.4 Å². The van der Waals surface area contributed by atoms with Crippen LogP contribution in [0.1, 0.15) is 18.1 Å². The van der Waals surface area contributed by atoms with Crippen molar-refractivity contribution in [3.05, 3.63) is 59.7 Å². The minimum atomic E-state index is -0.146. The van der Waals surface area contributed by atoms with E-state index in [0.717, 1.165) is 11.1 Å². The number of anilines is 1. The number of hydrogen-bond donors (Lipinski definition) is 1. The second-order valence-corrected chi connectivity index (χ2v) is 4.67.